The molecule has 0 bridgehead atoms. The fourth-order valence-electron chi connectivity index (χ4n) is 3.23. The molecule has 148 valence electrons. The highest BCUT2D eigenvalue weighted by Gasteiger charge is 2.29. The fourth-order valence-corrected chi connectivity index (χ4v) is 4.68. The van der Waals surface area contributed by atoms with Gasteiger partial charge in [0, 0.05) is 38.4 Å². The Bertz CT molecular complexity index is 893. The molecule has 1 aliphatic heterocycles. The molecular weight excluding hydrogens is 374 g/mol. The number of anilines is 1. The fraction of sp³-hybridized carbons (Fsp3) is 0.286. The van der Waals surface area contributed by atoms with Crippen LogP contribution in [0.1, 0.15) is 0 Å². The highest BCUT2D eigenvalue weighted by Crippen LogP contribution is 2.18. The Morgan fingerprint density at radius 1 is 0.964 bits per heavy atom. The van der Waals surface area contributed by atoms with E-state index in [0.29, 0.717) is 37.6 Å². The van der Waals surface area contributed by atoms with Gasteiger partial charge in [0.1, 0.15) is 0 Å². The molecule has 3 rings (SSSR count). The summed E-state index contributed by atoms with van der Waals surface area (Å²) in [6.07, 6.45) is 1.70. The summed E-state index contributed by atoms with van der Waals surface area (Å²) < 4.78 is 26.9. The van der Waals surface area contributed by atoms with Gasteiger partial charge in [-0.25, -0.2) is 8.42 Å². The van der Waals surface area contributed by atoms with Crippen LogP contribution in [0.2, 0.25) is 0 Å². The van der Waals surface area contributed by atoms with Crippen LogP contribution >= 0.6 is 0 Å². The summed E-state index contributed by atoms with van der Waals surface area (Å²) >= 11 is 0. The maximum Gasteiger partial charge on any atom is 0.243 e. The summed E-state index contributed by atoms with van der Waals surface area (Å²) in [6, 6.07) is 17.9. The first-order valence-corrected chi connectivity index (χ1v) is 10.7. The van der Waals surface area contributed by atoms with Crippen LogP contribution in [-0.4, -0.2) is 62.8 Å². The third-order valence-electron chi connectivity index (χ3n) is 4.75. The number of carbonyl (C=O) groups excluding carboxylic acids is 1. The molecule has 2 aromatic rings. The van der Waals surface area contributed by atoms with Crippen molar-refractivity contribution in [2.75, 3.05) is 44.2 Å². The van der Waals surface area contributed by atoms with Crippen LogP contribution in [0.15, 0.2) is 78.2 Å². The normalized spacial score (nSPS) is 15.9. The molecule has 1 fully saturated rings. The average Bonchev–Trinajstić information content (AvgIpc) is 2.73. The first-order valence-electron chi connectivity index (χ1n) is 9.26. The van der Waals surface area contributed by atoms with Crippen LogP contribution in [0, 0.1) is 0 Å². The Hall–Kier alpha value is -2.48. The number of rotatable bonds is 7. The lowest BCUT2D eigenvalue weighted by Gasteiger charge is -2.34. The van der Waals surface area contributed by atoms with Gasteiger partial charge in [0.2, 0.25) is 15.9 Å². The molecule has 1 heterocycles. The second-order valence-electron chi connectivity index (χ2n) is 6.62. The second kappa shape index (κ2) is 9.14. The average molecular weight is 400 g/mol. The number of hydrogen-bond donors (Lipinski definition) is 0. The first-order chi connectivity index (χ1) is 13.5. The summed E-state index contributed by atoms with van der Waals surface area (Å²) in [4.78, 5) is 16.8. The molecule has 2 aromatic carbocycles. The number of piperazine rings is 1. The van der Waals surface area contributed by atoms with E-state index in [2.05, 4.69) is 6.58 Å². The molecule has 0 aromatic heterocycles. The van der Waals surface area contributed by atoms with Gasteiger partial charge in [0.25, 0.3) is 0 Å². The van der Waals surface area contributed by atoms with Gasteiger partial charge in [-0.05, 0) is 24.3 Å². The lowest BCUT2D eigenvalue weighted by atomic mass is 10.2. The molecule has 0 unspecified atom stereocenters. The minimum atomic E-state index is -3.48. The van der Waals surface area contributed by atoms with Crippen LogP contribution in [0.25, 0.3) is 0 Å². The maximum atomic E-state index is 12.8. The predicted molar refractivity (Wildman–Crippen MR) is 111 cm³/mol. The summed E-state index contributed by atoms with van der Waals surface area (Å²) in [5.74, 6) is -0.0227. The Morgan fingerprint density at radius 3 is 2.11 bits per heavy atom. The van der Waals surface area contributed by atoms with Crippen molar-refractivity contribution < 1.29 is 13.2 Å². The van der Waals surface area contributed by atoms with Gasteiger partial charge in [0.05, 0.1) is 11.4 Å². The third kappa shape index (κ3) is 4.67. The topological polar surface area (TPSA) is 60.9 Å². The monoisotopic (exact) mass is 399 g/mol. The molecule has 0 aliphatic carbocycles. The molecule has 0 spiro atoms. The van der Waals surface area contributed by atoms with Crippen LogP contribution in [0.4, 0.5) is 5.69 Å². The molecule has 7 heteroatoms. The standard InChI is InChI=1S/C21H25N3O3S/c1-2-13-24(19-9-5-3-6-10-19)21(25)18-22-14-16-23(17-15-22)28(26,27)20-11-7-4-8-12-20/h2-12H,1,13-18H2. The number of nitrogens with zero attached hydrogens (tertiary/aromatic N) is 3. The smallest absolute Gasteiger partial charge is 0.243 e. The lowest BCUT2D eigenvalue weighted by molar-refractivity contribution is -0.119. The summed E-state index contributed by atoms with van der Waals surface area (Å²) in [5, 5.41) is 0. The van der Waals surface area contributed by atoms with Crippen molar-refractivity contribution in [1.29, 1.82) is 0 Å². The van der Waals surface area contributed by atoms with E-state index in [-0.39, 0.29) is 12.5 Å². The molecular formula is C21H25N3O3S. The van der Waals surface area contributed by atoms with Crippen molar-refractivity contribution in [3.8, 4) is 0 Å². The molecule has 28 heavy (non-hydrogen) atoms. The number of amides is 1. The minimum absolute atomic E-state index is 0.0227. The lowest BCUT2D eigenvalue weighted by Crippen LogP contribution is -2.51. The highest BCUT2D eigenvalue weighted by atomic mass is 32.2. The zero-order valence-corrected chi connectivity index (χ0v) is 16.6. The molecule has 1 saturated heterocycles. The zero-order chi connectivity index (χ0) is 20.0. The number of carbonyl (C=O) groups is 1. The van der Waals surface area contributed by atoms with E-state index in [0.717, 1.165) is 5.69 Å². The number of sulfonamides is 1. The zero-order valence-electron chi connectivity index (χ0n) is 15.8. The van der Waals surface area contributed by atoms with Crippen molar-refractivity contribution in [3.05, 3.63) is 73.3 Å². The summed E-state index contributed by atoms with van der Waals surface area (Å²) in [5.41, 5.74) is 0.831. The van der Waals surface area contributed by atoms with Gasteiger partial charge in [-0.3, -0.25) is 9.69 Å². The second-order valence-corrected chi connectivity index (χ2v) is 8.56. The molecule has 0 saturated carbocycles. The Balaban J connectivity index is 1.60. The highest BCUT2D eigenvalue weighted by molar-refractivity contribution is 7.89. The largest absolute Gasteiger partial charge is 0.308 e. The third-order valence-corrected chi connectivity index (χ3v) is 6.66. The van der Waals surface area contributed by atoms with Crippen LogP contribution in [0.5, 0.6) is 0 Å². The van der Waals surface area contributed by atoms with Crippen molar-refractivity contribution in [2.45, 2.75) is 4.90 Å². The Kier molecular flexibility index (Phi) is 6.61. The number of hydrogen-bond acceptors (Lipinski definition) is 4. The van der Waals surface area contributed by atoms with Crippen molar-refractivity contribution >= 4 is 21.6 Å². The quantitative estimate of drug-likeness (QED) is 0.670. The summed E-state index contributed by atoms with van der Waals surface area (Å²) in [6.45, 7) is 6.22. The van der Waals surface area contributed by atoms with Gasteiger partial charge in [-0.2, -0.15) is 4.31 Å². The minimum Gasteiger partial charge on any atom is -0.308 e. The van der Waals surface area contributed by atoms with E-state index in [4.69, 9.17) is 0 Å². The summed E-state index contributed by atoms with van der Waals surface area (Å²) in [7, 11) is -3.48. The molecule has 0 atom stereocenters. The van der Waals surface area contributed by atoms with E-state index in [1.165, 1.54) is 4.31 Å². The van der Waals surface area contributed by atoms with Crippen molar-refractivity contribution in [2.24, 2.45) is 0 Å². The molecule has 0 N–H and O–H groups in total. The van der Waals surface area contributed by atoms with Gasteiger partial charge < -0.3 is 4.90 Å². The predicted octanol–water partition coefficient (Wildman–Crippen LogP) is 2.21. The number of para-hydroxylation sites is 1. The maximum absolute atomic E-state index is 12.8. The number of benzene rings is 2. The SMILES string of the molecule is C=CCN(C(=O)CN1CCN(S(=O)(=O)c2ccccc2)CC1)c1ccccc1. The van der Waals surface area contributed by atoms with Crippen LogP contribution < -0.4 is 4.90 Å². The Labute approximate surface area is 166 Å². The molecule has 1 amide bonds. The van der Waals surface area contributed by atoms with E-state index in [1.807, 2.05) is 35.2 Å². The van der Waals surface area contributed by atoms with Crippen molar-refractivity contribution in [1.82, 2.24) is 9.21 Å². The van der Waals surface area contributed by atoms with E-state index in [1.54, 1.807) is 41.3 Å². The molecule has 0 radical (unpaired) electrons. The molecule has 6 nitrogen and oxygen atoms in total. The van der Waals surface area contributed by atoms with E-state index < -0.39 is 10.0 Å². The first kappa shape index (κ1) is 20.3. The van der Waals surface area contributed by atoms with Crippen LogP contribution in [-0.2, 0) is 14.8 Å². The van der Waals surface area contributed by atoms with Gasteiger partial charge >= 0.3 is 0 Å². The van der Waals surface area contributed by atoms with Gasteiger partial charge in [0.15, 0.2) is 0 Å². The van der Waals surface area contributed by atoms with Crippen molar-refractivity contribution in [3.63, 3.8) is 0 Å². The van der Waals surface area contributed by atoms with Gasteiger partial charge in [-0.15, -0.1) is 6.58 Å². The van der Waals surface area contributed by atoms with Crippen LogP contribution in [0.3, 0.4) is 0 Å². The Morgan fingerprint density at radius 2 is 1.54 bits per heavy atom. The van der Waals surface area contributed by atoms with E-state index >= 15 is 0 Å². The molecule has 1 aliphatic rings. The van der Waals surface area contributed by atoms with E-state index in [9.17, 15) is 13.2 Å². The van der Waals surface area contributed by atoms with Gasteiger partial charge in [-0.1, -0.05) is 42.5 Å².